The Hall–Kier alpha value is -2.63. The molecule has 156 valence electrons. The van der Waals surface area contributed by atoms with Crippen molar-refractivity contribution in [2.24, 2.45) is 5.41 Å². The van der Waals surface area contributed by atoms with Crippen molar-refractivity contribution in [3.8, 4) is 0 Å². The van der Waals surface area contributed by atoms with Gasteiger partial charge in [-0.3, -0.25) is 9.59 Å². The van der Waals surface area contributed by atoms with E-state index in [1.54, 1.807) is 28.0 Å². The van der Waals surface area contributed by atoms with Crippen molar-refractivity contribution in [3.05, 3.63) is 59.7 Å². The number of nitrogens with zero attached hydrogens (tertiary/aromatic N) is 3. The molecule has 1 aromatic carbocycles. The SMILES string of the molecule is CCN(CC(=O)N1CCn2cccc2[C@@H]1c1ccccc1F)C(=O)CC(C)(C)C. The number of aromatic nitrogens is 1. The Labute approximate surface area is 172 Å². The Balaban J connectivity index is 1.87. The minimum Gasteiger partial charge on any atom is -0.348 e. The third-order valence-corrected chi connectivity index (χ3v) is 5.30. The molecule has 1 aliphatic heterocycles. The maximum atomic E-state index is 14.6. The lowest BCUT2D eigenvalue weighted by Crippen LogP contribution is -2.48. The summed E-state index contributed by atoms with van der Waals surface area (Å²) in [5.74, 6) is -0.521. The molecule has 6 heteroatoms. The van der Waals surface area contributed by atoms with Gasteiger partial charge in [0, 0.05) is 43.5 Å². The molecule has 0 N–H and O–H groups in total. The molecule has 0 aliphatic carbocycles. The highest BCUT2D eigenvalue weighted by atomic mass is 19.1. The average Bonchev–Trinajstić information content (AvgIpc) is 3.13. The second kappa shape index (κ2) is 8.39. The number of hydrogen-bond acceptors (Lipinski definition) is 2. The molecular weight excluding hydrogens is 369 g/mol. The topological polar surface area (TPSA) is 45.6 Å². The molecule has 2 heterocycles. The van der Waals surface area contributed by atoms with Gasteiger partial charge in [0.2, 0.25) is 11.8 Å². The van der Waals surface area contributed by atoms with E-state index in [-0.39, 0.29) is 29.6 Å². The van der Waals surface area contributed by atoms with E-state index in [9.17, 15) is 14.0 Å². The van der Waals surface area contributed by atoms with E-state index in [0.29, 0.717) is 31.6 Å². The van der Waals surface area contributed by atoms with Crippen LogP contribution in [0.5, 0.6) is 0 Å². The molecule has 1 aromatic heterocycles. The second-order valence-corrected chi connectivity index (χ2v) is 8.78. The molecule has 0 saturated carbocycles. The summed E-state index contributed by atoms with van der Waals surface area (Å²) in [6, 6.07) is 9.94. The van der Waals surface area contributed by atoms with E-state index in [2.05, 4.69) is 4.57 Å². The van der Waals surface area contributed by atoms with Crippen molar-refractivity contribution >= 4 is 11.8 Å². The average molecular weight is 400 g/mol. The summed E-state index contributed by atoms with van der Waals surface area (Å²) in [4.78, 5) is 29.2. The van der Waals surface area contributed by atoms with Gasteiger partial charge >= 0.3 is 0 Å². The molecule has 0 unspecified atom stereocenters. The normalized spacial score (nSPS) is 16.4. The molecule has 2 amide bonds. The van der Waals surface area contributed by atoms with Gasteiger partial charge in [-0.15, -0.1) is 0 Å². The maximum Gasteiger partial charge on any atom is 0.243 e. The standard InChI is InChI=1S/C23H30FN3O2/c1-5-25(20(28)15-23(2,3)4)16-21(29)27-14-13-26-12-8-11-19(26)22(27)17-9-6-7-10-18(17)24/h6-12,22H,5,13-16H2,1-4H3/t22-/m0/s1. The van der Waals surface area contributed by atoms with Crippen LogP contribution in [0.3, 0.4) is 0 Å². The molecule has 2 aromatic rings. The number of fused-ring (bicyclic) bond motifs is 1. The predicted octanol–water partition coefficient (Wildman–Crippen LogP) is 3.84. The van der Waals surface area contributed by atoms with Gasteiger partial charge < -0.3 is 14.4 Å². The number of carbonyl (C=O) groups is 2. The fourth-order valence-corrected chi connectivity index (χ4v) is 3.87. The van der Waals surface area contributed by atoms with Gasteiger partial charge in [-0.1, -0.05) is 39.0 Å². The molecule has 1 atom stereocenters. The summed E-state index contributed by atoms with van der Waals surface area (Å²) in [6.45, 7) is 9.51. The zero-order valence-corrected chi connectivity index (χ0v) is 17.7. The van der Waals surface area contributed by atoms with E-state index < -0.39 is 6.04 Å². The molecule has 0 radical (unpaired) electrons. The lowest BCUT2D eigenvalue weighted by atomic mass is 9.91. The van der Waals surface area contributed by atoms with Crippen LogP contribution in [0.25, 0.3) is 0 Å². The summed E-state index contributed by atoms with van der Waals surface area (Å²) < 4.78 is 16.7. The molecule has 29 heavy (non-hydrogen) atoms. The largest absolute Gasteiger partial charge is 0.348 e. The first-order valence-corrected chi connectivity index (χ1v) is 10.2. The van der Waals surface area contributed by atoms with E-state index in [1.165, 1.54) is 6.07 Å². The number of benzene rings is 1. The van der Waals surface area contributed by atoms with Crippen molar-refractivity contribution in [2.45, 2.75) is 46.7 Å². The zero-order valence-electron chi connectivity index (χ0n) is 17.7. The summed E-state index contributed by atoms with van der Waals surface area (Å²) >= 11 is 0. The number of amides is 2. The fourth-order valence-electron chi connectivity index (χ4n) is 3.87. The first-order valence-electron chi connectivity index (χ1n) is 10.2. The smallest absolute Gasteiger partial charge is 0.243 e. The van der Waals surface area contributed by atoms with E-state index in [0.717, 1.165) is 5.69 Å². The van der Waals surface area contributed by atoms with Crippen LogP contribution in [-0.2, 0) is 16.1 Å². The van der Waals surface area contributed by atoms with Crippen LogP contribution in [0.1, 0.15) is 51.4 Å². The van der Waals surface area contributed by atoms with Crippen LogP contribution in [0.4, 0.5) is 4.39 Å². The summed E-state index contributed by atoms with van der Waals surface area (Å²) in [6.07, 6.45) is 2.34. The van der Waals surface area contributed by atoms with Crippen molar-refractivity contribution in [2.75, 3.05) is 19.6 Å². The van der Waals surface area contributed by atoms with Crippen LogP contribution in [0, 0.1) is 11.2 Å². The first-order chi connectivity index (χ1) is 13.7. The Bertz CT molecular complexity index is 884. The Kier molecular flexibility index (Phi) is 6.10. The molecule has 3 rings (SSSR count). The van der Waals surface area contributed by atoms with Crippen molar-refractivity contribution in [1.29, 1.82) is 0 Å². The monoisotopic (exact) mass is 399 g/mol. The third-order valence-electron chi connectivity index (χ3n) is 5.30. The van der Waals surface area contributed by atoms with Gasteiger partial charge in [0.25, 0.3) is 0 Å². The molecule has 0 saturated heterocycles. The van der Waals surface area contributed by atoms with E-state index >= 15 is 0 Å². The van der Waals surface area contributed by atoms with Gasteiger partial charge in [-0.25, -0.2) is 4.39 Å². The Morgan fingerprint density at radius 3 is 2.52 bits per heavy atom. The lowest BCUT2D eigenvalue weighted by Gasteiger charge is -2.38. The van der Waals surface area contributed by atoms with Gasteiger partial charge in [0.05, 0.1) is 6.54 Å². The highest BCUT2D eigenvalue weighted by Gasteiger charge is 2.34. The van der Waals surface area contributed by atoms with Gasteiger partial charge in [-0.05, 0) is 30.5 Å². The van der Waals surface area contributed by atoms with Crippen LogP contribution in [0.15, 0.2) is 42.6 Å². The maximum absolute atomic E-state index is 14.6. The summed E-state index contributed by atoms with van der Waals surface area (Å²) in [5.41, 5.74) is 1.22. The fraction of sp³-hybridized carbons (Fsp3) is 0.478. The van der Waals surface area contributed by atoms with Crippen LogP contribution < -0.4 is 0 Å². The molecule has 0 fully saturated rings. The summed E-state index contributed by atoms with van der Waals surface area (Å²) in [5, 5.41) is 0. The highest BCUT2D eigenvalue weighted by Crippen LogP contribution is 2.34. The highest BCUT2D eigenvalue weighted by molar-refractivity contribution is 5.85. The second-order valence-electron chi connectivity index (χ2n) is 8.78. The quantitative estimate of drug-likeness (QED) is 0.767. The van der Waals surface area contributed by atoms with Crippen LogP contribution in [0.2, 0.25) is 0 Å². The van der Waals surface area contributed by atoms with Crippen molar-refractivity contribution in [1.82, 2.24) is 14.4 Å². The number of carbonyl (C=O) groups excluding carboxylic acids is 2. The van der Waals surface area contributed by atoms with Crippen LogP contribution >= 0.6 is 0 Å². The first kappa shape index (κ1) is 21.1. The van der Waals surface area contributed by atoms with Crippen molar-refractivity contribution < 1.29 is 14.0 Å². The predicted molar refractivity (Wildman–Crippen MR) is 111 cm³/mol. The number of likely N-dealkylation sites (N-methyl/N-ethyl adjacent to an activating group) is 1. The molecule has 0 bridgehead atoms. The Morgan fingerprint density at radius 1 is 1.14 bits per heavy atom. The van der Waals surface area contributed by atoms with Gasteiger partial charge in [0.15, 0.2) is 0 Å². The Morgan fingerprint density at radius 2 is 1.86 bits per heavy atom. The molecule has 0 spiro atoms. The number of rotatable bonds is 5. The molecule has 5 nitrogen and oxygen atoms in total. The van der Waals surface area contributed by atoms with Gasteiger partial charge in [-0.2, -0.15) is 0 Å². The van der Waals surface area contributed by atoms with Crippen LogP contribution in [-0.4, -0.2) is 45.8 Å². The van der Waals surface area contributed by atoms with E-state index in [1.807, 2.05) is 46.0 Å². The third kappa shape index (κ3) is 4.69. The molecule has 1 aliphatic rings. The van der Waals surface area contributed by atoms with E-state index in [4.69, 9.17) is 0 Å². The lowest BCUT2D eigenvalue weighted by molar-refractivity contribution is -0.143. The number of halogens is 1. The molecular formula is C23H30FN3O2. The summed E-state index contributed by atoms with van der Waals surface area (Å²) in [7, 11) is 0. The van der Waals surface area contributed by atoms with Gasteiger partial charge in [0.1, 0.15) is 11.9 Å². The minimum atomic E-state index is -0.496. The zero-order chi connectivity index (χ0) is 21.2. The minimum absolute atomic E-state index is 0.0110. The number of hydrogen-bond donors (Lipinski definition) is 0. The van der Waals surface area contributed by atoms with Crippen molar-refractivity contribution in [3.63, 3.8) is 0 Å².